The monoisotopic (exact) mass is 226 g/mol. The molecule has 0 aliphatic heterocycles. The maximum atomic E-state index is 9.24. The van der Waals surface area contributed by atoms with Gasteiger partial charge in [-0.1, -0.05) is 19.9 Å². The van der Waals surface area contributed by atoms with Crippen LogP contribution in [0, 0.1) is 5.92 Å². The molecule has 1 aromatic rings. The first kappa shape index (κ1) is 12.4. The highest BCUT2D eigenvalue weighted by Gasteiger charge is 1.97. The highest BCUT2D eigenvalue weighted by atomic mass is 32.2. The van der Waals surface area contributed by atoms with E-state index in [1.807, 2.05) is 12.1 Å². The third-order valence-electron chi connectivity index (χ3n) is 1.77. The fraction of sp³-hybridized carbons (Fsp3) is 0.500. The standard InChI is InChI=1S/C12H18O2S/c1-10(2)9-14-6-7-15-12-5-3-4-11(13)8-12/h3-5,8,10,13H,6-7,9H2,1-2H3. The van der Waals surface area contributed by atoms with Crippen LogP contribution < -0.4 is 0 Å². The Bertz CT molecular complexity index is 287. The molecule has 0 spiro atoms. The molecule has 0 radical (unpaired) electrons. The molecule has 0 atom stereocenters. The Kier molecular flexibility index (Phi) is 5.58. The van der Waals surface area contributed by atoms with Gasteiger partial charge in [-0.2, -0.15) is 0 Å². The summed E-state index contributed by atoms with van der Waals surface area (Å²) in [6.45, 7) is 5.86. The van der Waals surface area contributed by atoms with E-state index in [4.69, 9.17) is 4.74 Å². The zero-order valence-electron chi connectivity index (χ0n) is 9.27. The van der Waals surface area contributed by atoms with Crippen LogP contribution in [0.5, 0.6) is 5.75 Å². The maximum Gasteiger partial charge on any atom is 0.116 e. The predicted molar refractivity (Wildman–Crippen MR) is 64.5 cm³/mol. The number of hydrogen-bond acceptors (Lipinski definition) is 3. The topological polar surface area (TPSA) is 29.5 Å². The molecule has 0 aromatic heterocycles. The largest absolute Gasteiger partial charge is 0.508 e. The van der Waals surface area contributed by atoms with Crippen molar-refractivity contribution in [3.63, 3.8) is 0 Å². The van der Waals surface area contributed by atoms with E-state index in [9.17, 15) is 5.11 Å². The summed E-state index contributed by atoms with van der Waals surface area (Å²) in [6.07, 6.45) is 0. The van der Waals surface area contributed by atoms with Crippen LogP contribution in [-0.2, 0) is 4.74 Å². The summed E-state index contributed by atoms with van der Waals surface area (Å²) in [4.78, 5) is 1.09. The number of aromatic hydroxyl groups is 1. The maximum absolute atomic E-state index is 9.24. The minimum Gasteiger partial charge on any atom is -0.508 e. The van der Waals surface area contributed by atoms with Gasteiger partial charge in [0.15, 0.2) is 0 Å². The summed E-state index contributed by atoms with van der Waals surface area (Å²) in [7, 11) is 0. The molecule has 0 amide bonds. The van der Waals surface area contributed by atoms with E-state index in [-0.39, 0.29) is 0 Å². The van der Waals surface area contributed by atoms with Gasteiger partial charge in [-0.25, -0.2) is 0 Å². The van der Waals surface area contributed by atoms with E-state index in [0.29, 0.717) is 11.7 Å². The Balaban J connectivity index is 2.15. The Morgan fingerprint density at radius 2 is 2.20 bits per heavy atom. The molecular weight excluding hydrogens is 208 g/mol. The molecule has 3 heteroatoms. The average Bonchev–Trinajstić information content (AvgIpc) is 2.17. The molecule has 0 saturated carbocycles. The summed E-state index contributed by atoms with van der Waals surface area (Å²) < 4.78 is 5.46. The lowest BCUT2D eigenvalue weighted by Gasteiger charge is -2.06. The van der Waals surface area contributed by atoms with E-state index in [1.165, 1.54) is 0 Å². The molecule has 0 unspecified atom stereocenters. The van der Waals surface area contributed by atoms with Crippen molar-refractivity contribution in [1.82, 2.24) is 0 Å². The lowest BCUT2D eigenvalue weighted by Crippen LogP contribution is -2.04. The van der Waals surface area contributed by atoms with Gasteiger partial charge in [0, 0.05) is 17.3 Å². The molecule has 1 rings (SSSR count). The van der Waals surface area contributed by atoms with Crippen LogP contribution >= 0.6 is 11.8 Å². The number of phenolic OH excluding ortho intramolecular Hbond substituents is 1. The molecule has 15 heavy (non-hydrogen) atoms. The average molecular weight is 226 g/mol. The Morgan fingerprint density at radius 1 is 1.40 bits per heavy atom. The van der Waals surface area contributed by atoms with Crippen molar-refractivity contribution < 1.29 is 9.84 Å². The number of ether oxygens (including phenoxy) is 1. The van der Waals surface area contributed by atoms with Crippen LogP contribution in [0.15, 0.2) is 29.2 Å². The van der Waals surface area contributed by atoms with Gasteiger partial charge in [-0.3, -0.25) is 0 Å². The minimum absolute atomic E-state index is 0.322. The van der Waals surface area contributed by atoms with Crippen molar-refractivity contribution in [3.8, 4) is 5.75 Å². The quantitative estimate of drug-likeness (QED) is 0.597. The lowest BCUT2D eigenvalue weighted by atomic mass is 10.2. The molecule has 1 N–H and O–H groups in total. The summed E-state index contributed by atoms with van der Waals surface area (Å²) >= 11 is 1.70. The summed E-state index contributed by atoms with van der Waals surface area (Å²) in [6, 6.07) is 7.30. The van der Waals surface area contributed by atoms with Gasteiger partial charge in [0.1, 0.15) is 5.75 Å². The summed E-state index contributed by atoms with van der Waals surface area (Å²) in [5.41, 5.74) is 0. The van der Waals surface area contributed by atoms with E-state index < -0.39 is 0 Å². The second-order valence-electron chi connectivity index (χ2n) is 3.81. The van der Waals surface area contributed by atoms with E-state index in [0.717, 1.165) is 23.9 Å². The number of rotatable bonds is 6. The number of thioether (sulfide) groups is 1. The van der Waals surface area contributed by atoms with E-state index in [2.05, 4.69) is 13.8 Å². The molecule has 0 aliphatic carbocycles. The zero-order chi connectivity index (χ0) is 11.1. The van der Waals surface area contributed by atoms with Crippen LogP contribution in [0.2, 0.25) is 0 Å². The zero-order valence-corrected chi connectivity index (χ0v) is 10.1. The SMILES string of the molecule is CC(C)COCCSc1cccc(O)c1. The highest BCUT2D eigenvalue weighted by Crippen LogP contribution is 2.21. The van der Waals surface area contributed by atoms with Crippen molar-refractivity contribution in [2.45, 2.75) is 18.7 Å². The summed E-state index contributed by atoms with van der Waals surface area (Å²) in [5.74, 6) is 1.84. The van der Waals surface area contributed by atoms with Gasteiger partial charge in [-0.15, -0.1) is 11.8 Å². The lowest BCUT2D eigenvalue weighted by molar-refractivity contribution is 0.124. The molecule has 0 heterocycles. The molecule has 0 aliphatic rings. The number of hydrogen-bond donors (Lipinski definition) is 1. The second-order valence-corrected chi connectivity index (χ2v) is 4.98. The Morgan fingerprint density at radius 3 is 2.87 bits per heavy atom. The fourth-order valence-electron chi connectivity index (χ4n) is 1.11. The fourth-order valence-corrected chi connectivity index (χ4v) is 1.93. The molecular formula is C12H18O2S. The summed E-state index contributed by atoms with van der Waals surface area (Å²) in [5, 5.41) is 9.24. The number of benzene rings is 1. The Labute approximate surface area is 95.7 Å². The van der Waals surface area contributed by atoms with Crippen molar-refractivity contribution >= 4 is 11.8 Å². The van der Waals surface area contributed by atoms with Crippen LogP contribution in [0.3, 0.4) is 0 Å². The molecule has 0 saturated heterocycles. The molecule has 0 bridgehead atoms. The highest BCUT2D eigenvalue weighted by molar-refractivity contribution is 7.99. The third-order valence-corrected chi connectivity index (χ3v) is 2.72. The van der Waals surface area contributed by atoms with Crippen LogP contribution in [0.25, 0.3) is 0 Å². The van der Waals surface area contributed by atoms with Crippen molar-refractivity contribution in [2.75, 3.05) is 19.0 Å². The first-order chi connectivity index (χ1) is 7.18. The first-order valence-corrected chi connectivity index (χ1v) is 6.16. The van der Waals surface area contributed by atoms with E-state index in [1.54, 1.807) is 23.9 Å². The van der Waals surface area contributed by atoms with Gasteiger partial charge in [0.05, 0.1) is 6.61 Å². The van der Waals surface area contributed by atoms with Gasteiger partial charge >= 0.3 is 0 Å². The van der Waals surface area contributed by atoms with Crippen molar-refractivity contribution in [2.24, 2.45) is 5.92 Å². The van der Waals surface area contributed by atoms with Gasteiger partial charge in [0.25, 0.3) is 0 Å². The molecule has 2 nitrogen and oxygen atoms in total. The second kappa shape index (κ2) is 6.75. The smallest absolute Gasteiger partial charge is 0.116 e. The molecule has 0 fully saturated rings. The van der Waals surface area contributed by atoms with Crippen LogP contribution in [0.4, 0.5) is 0 Å². The Hall–Kier alpha value is -0.670. The van der Waals surface area contributed by atoms with Crippen molar-refractivity contribution in [3.05, 3.63) is 24.3 Å². The van der Waals surface area contributed by atoms with E-state index >= 15 is 0 Å². The molecule has 84 valence electrons. The normalized spacial score (nSPS) is 10.9. The first-order valence-electron chi connectivity index (χ1n) is 5.18. The van der Waals surface area contributed by atoms with Gasteiger partial charge in [0.2, 0.25) is 0 Å². The minimum atomic E-state index is 0.322. The molecule has 1 aromatic carbocycles. The third kappa shape index (κ3) is 5.70. The van der Waals surface area contributed by atoms with Gasteiger partial charge in [-0.05, 0) is 24.1 Å². The predicted octanol–water partition coefficient (Wildman–Crippen LogP) is 3.16. The van der Waals surface area contributed by atoms with Crippen LogP contribution in [-0.4, -0.2) is 24.1 Å². The number of phenols is 1. The van der Waals surface area contributed by atoms with Gasteiger partial charge < -0.3 is 9.84 Å². The van der Waals surface area contributed by atoms with Crippen molar-refractivity contribution in [1.29, 1.82) is 0 Å². The van der Waals surface area contributed by atoms with Crippen LogP contribution in [0.1, 0.15) is 13.8 Å².